The summed E-state index contributed by atoms with van der Waals surface area (Å²) in [5.41, 5.74) is 5.68. The van der Waals surface area contributed by atoms with Gasteiger partial charge in [0.05, 0.1) is 10.6 Å². The highest BCUT2D eigenvalue weighted by molar-refractivity contribution is 7.92. The molecule has 2 amide bonds. The molecule has 34 heavy (non-hydrogen) atoms. The van der Waals surface area contributed by atoms with Gasteiger partial charge in [0.25, 0.3) is 15.9 Å². The fraction of sp³-hybridized carbons (Fsp3) is 0.440. The van der Waals surface area contributed by atoms with Crippen molar-refractivity contribution in [3.63, 3.8) is 0 Å². The van der Waals surface area contributed by atoms with Gasteiger partial charge >= 0.3 is 0 Å². The number of benzene rings is 2. The van der Waals surface area contributed by atoms with Gasteiger partial charge in [-0.1, -0.05) is 24.6 Å². The van der Waals surface area contributed by atoms with Gasteiger partial charge in [0.1, 0.15) is 0 Å². The Balaban J connectivity index is 1.56. The third-order valence-corrected chi connectivity index (χ3v) is 8.24. The van der Waals surface area contributed by atoms with Crippen LogP contribution in [0.3, 0.4) is 0 Å². The lowest BCUT2D eigenvalue weighted by Crippen LogP contribution is -2.47. The maximum absolute atomic E-state index is 13.1. The van der Waals surface area contributed by atoms with Crippen molar-refractivity contribution in [2.75, 3.05) is 17.4 Å². The summed E-state index contributed by atoms with van der Waals surface area (Å²) >= 11 is 0. The molecule has 2 unspecified atom stereocenters. The lowest BCUT2D eigenvalue weighted by atomic mass is 9.97. The van der Waals surface area contributed by atoms with Crippen molar-refractivity contribution in [3.8, 4) is 0 Å². The highest BCUT2D eigenvalue weighted by atomic mass is 32.2. The van der Waals surface area contributed by atoms with E-state index in [9.17, 15) is 18.0 Å². The summed E-state index contributed by atoms with van der Waals surface area (Å²) in [6, 6.07) is 15.4. The van der Waals surface area contributed by atoms with E-state index in [0.29, 0.717) is 30.7 Å². The number of hydrogen-bond donors (Lipinski definition) is 2. The van der Waals surface area contributed by atoms with Crippen LogP contribution >= 0.6 is 0 Å². The third kappa shape index (κ3) is 6.15. The second-order valence-electron chi connectivity index (χ2n) is 8.65. The zero-order chi connectivity index (χ0) is 24.7. The average Bonchev–Trinajstić information content (AvgIpc) is 2.83. The number of carbonyl (C=O) groups is 2. The molecule has 2 aromatic rings. The Hall–Kier alpha value is -2.91. The zero-order valence-electron chi connectivity index (χ0n) is 20.0. The van der Waals surface area contributed by atoms with E-state index in [2.05, 4.69) is 29.6 Å². The number of hydrogen-bond acceptors (Lipinski definition) is 5. The van der Waals surface area contributed by atoms with Gasteiger partial charge in [-0.05, 0) is 70.0 Å². The molecule has 0 aliphatic carbocycles. The van der Waals surface area contributed by atoms with Crippen LogP contribution in [0.15, 0.2) is 59.5 Å². The Kier molecular flexibility index (Phi) is 8.68. The van der Waals surface area contributed by atoms with Crippen molar-refractivity contribution in [2.45, 2.75) is 63.4 Å². The molecule has 0 aromatic heterocycles. The number of amides is 2. The molecule has 0 saturated carbocycles. The molecule has 8 nitrogen and oxygen atoms in total. The summed E-state index contributed by atoms with van der Waals surface area (Å²) < 4.78 is 27.5. The predicted molar refractivity (Wildman–Crippen MR) is 133 cm³/mol. The number of para-hydroxylation sites is 1. The number of sulfonamides is 1. The van der Waals surface area contributed by atoms with Crippen molar-refractivity contribution < 1.29 is 18.0 Å². The first-order valence-electron chi connectivity index (χ1n) is 11.8. The highest BCUT2D eigenvalue weighted by Crippen LogP contribution is 2.24. The van der Waals surface area contributed by atoms with Crippen LogP contribution in [0.4, 0.5) is 5.69 Å². The monoisotopic (exact) mass is 486 g/mol. The maximum Gasteiger partial charge on any atom is 0.269 e. The zero-order valence-corrected chi connectivity index (χ0v) is 20.8. The summed E-state index contributed by atoms with van der Waals surface area (Å²) in [6.07, 6.45) is 3.77. The van der Waals surface area contributed by atoms with Crippen LogP contribution in [0.1, 0.15) is 56.8 Å². The van der Waals surface area contributed by atoms with Gasteiger partial charge in [-0.25, -0.2) is 8.42 Å². The van der Waals surface area contributed by atoms with E-state index < -0.39 is 15.9 Å². The summed E-state index contributed by atoms with van der Waals surface area (Å²) in [4.78, 5) is 27.1. The van der Waals surface area contributed by atoms with Crippen molar-refractivity contribution in [3.05, 3.63) is 60.2 Å². The van der Waals surface area contributed by atoms with Crippen LogP contribution < -0.4 is 15.2 Å². The Labute approximate surface area is 202 Å². The summed E-state index contributed by atoms with van der Waals surface area (Å²) in [5, 5.41) is 0. The lowest BCUT2D eigenvalue weighted by Gasteiger charge is -2.38. The van der Waals surface area contributed by atoms with Crippen LogP contribution in [-0.2, 0) is 14.8 Å². The molecule has 1 aliphatic heterocycles. The van der Waals surface area contributed by atoms with Gasteiger partial charge in [-0.2, -0.15) is 0 Å². The first-order valence-corrected chi connectivity index (χ1v) is 13.2. The standard InChI is InChI=1S/C25H34N4O4S/c1-4-29(22-11-6-5-7-12-22)34(32,33)23-15-13-21(14-16-23)25(31)27-26-24(30)17-18-28-19(2)9-8-10-20(28)3/h5-7,11-16,19-20H,4,8-10,17-18H2,1-3H3,(H,26,30)(H,27,31). The third-order valence-electron chi connectivity index (χ3n) is 6.32. The minimum absolute atomic E-state index is 0.0866. The fourth-order valence-corrected chi connectivity index (χ4v) is 5.87. The summed E-state index contributed by atoms with van der Waals surface area (Å²) in [7, 11) is -3.77. The molecule has 1 aliphatic rings. The number of carbonyl (C=O) groups excluding carboxylic acids is 2. The van der Waals surface area contributed by atoms with E-state index in [4.69, 9.17) is 0 Å². The van der Waals surface area contributed by atoms with Crippen LogP contribution in [0.2, 0.25) is 0 Å². The molecular weight excluding hydrogens is 452 g/mol. The fourth-order valence-electron chi connectivity index (χ4n) is 4.40. The maximum atomic E-state index is 13.1. The van der Waals surface area contributed by atoms with E-state index in [1.165, 1.54) is 35.0 Å². The molecule has 2 atom stereocenters. The number of nitrogens with one attached hydrogen (secondary N) is 2. The number of anilines is 1. The smallest absolute Gasteiger partial charge is 0.269 e. The molecule has 0 spiro atoms. The minimum Gasteiger partial charge on any atom is -0.297 e. The van der Waals surface area contributed by atoms with Crippen LogP contribution in [0, 0.1) is 0 Å². The Bertz CT molecular complexity index is 1060. The van der Waals surface area contributed by atoms with E-state index in [1.807, 2.05) is 6.07 Å². The van der Waals surface area contributed by atoms with Crippen molar-refractivity contribution >= 4 is 27.5 Å². The highest BCUT2D eigenvalue weighted by Gasteiger charge is 2.25. The molecule has 184 valence electrons. The number of hydrazine groups is 1. The largest absolute Gasteiger partial charge is 0.297 e. The van der Waals surface area contributed by atoms with Gasteiger partial charge in [0.2, 0.25) is 5.91 Å². The molecule has 0 bridgehead atoms. The number of nitrogens with zero attached hydrogens (tertiary/aromatic N) is 2. The normalized spacial score (nSPS) is 18.8. The number of likely N-dealkylation sites (tertiary alicyclic amines) is 1. The van der Waals surface area contributed by atoms with E-state index >= 15 is 0 Å². The molecule has 1 fully saturated rings. The van der Waals surface area contributed by atoms with Gasteiger partial charge in [0, 0.05) is 37.2 Å². The Morgan fingerprint density at radius 3 is 2.18 bits per heavy atom. The lowest BCUT2D eigenvalue weighted by molar-refractivity contribution is -0.122. The summed E-state index contributed by atoms with van der Waals surface area (Å²) in [6.45, 7) is 7.04. The van der Waals surface area contributed by atoms with E-state index in [1.54, 1.807) is 31.2 Å². The van der Waals surface area contributed by atoms with Crippen molar-refractivity contribution in [2.24, 2.45) is 0 Å². The molecule has 0 radical (unpaired) electrons. The topological polar surface area (TPSA) is 98.8 Å². The first-order chi connectivity index (χ1) is 16.2. The SMILES string of the molecule is CCN(c1ccccc1)S(=O)(=O)c1ccc(C(=O)NNC(=O)CCN2C(C)CCCC2C)cc1. The Morgan fingerprint density at radius 1 is 0.971 bits per heavy atom. The molecule has 2 N–H and O–H groups in total. The number of rotatable bonds is 8. The van der Waals surface area contributed by atoms with Gasteiger partial charge in [0.15, 0.2) is 0 Å². The minimum atomic E-state index is -3.77. The van der Waals surface area contributed by atoms with E-state index in [0.717, 1.165) is 12.8 Å². The van der Waals surface area contributed by atoms with Crippen LogP contribution in [0.5, 0.6) is 0 Å². The molecule has 1 heterocycles. The first kappa shape index (κ1) is 25.7. The van der Waals surface area contributed by atoms with Gasteiger partial charge < -0.3 is 0 Å². The van der Waals surface area contributed by atoms with Crippen molar-refractivity contribution in [1.82, 2.24) is 15.8 Å². The average molecular weight is 487 g/mol. The number of piperidine rings is 1. The quantitative estimate of drug-likeness (QED) is 0.558. The second kappa shape index (κ2) is 11.5. The van der Waals surface area contributed by atoms with Gasteiger partial charge in [-0.3, -0.25) is 29.6 Å². The predicted octanol–water partition coefficient (Wildman–Crippen LogP) is 3.32. The summed E-state index contributed by atoms with van der Waals surface area (Å²) in [5.74, 6) is -0.772. The van der Waals surface area contributed by atoms with Crippen LogP contribution in [-0.4, -0.2) is 50.3 Å². The van der Waals surface area contributed by atoms with Crippen molar-refractivity contribution in [1.29, 1.82) is 0 Å². The molecule has 2 aromatic carbocycles. The molecule has 1 saturated heterocycles. The molecule has 3 rings (SSSR count). The van der Waals surface area contributed by atoms with Crippen LogP contribution in [0.25, 0.3) is 0 Å². The second-order valence-corrected chi connectivity index (χ2v) is 10.5. The van der Waals surface area contributed by atoms with Gasteiger partial charge in [-0.15, -0.1) is 0 Å². The van der Waals surface area contributed by atoms with E-state index in [-0.39, 0.29) is 22.9 Å². The molecule has 9 heteroatoms. The molecular formula is C25H34N4O4S. The Morgan fingerprint density at radius 2 is 1.59 bits per heavy atom.